The van der Waals surface area contributed by atoms with Crippen LogP contribution in [0.3, 0.4) is 0 Å². The Kier molecular flexibility index (Phi) is 4.23. The van der Waals surface area contributed by atoms with Crippen LogP contribution in [-0.4, -0.2) is 12.9 Å². The van der Waals surface area contributed by atoms with Gasteiger partial charge in [-0.1, -0.05) is 37.3 Å². The molecule has 0 bridgehead atoms. The number of carbonyl (C=O) groups excluding carboxylic acids is 1. The monoisotopic (exact) mass is 268 g/mol. The fourth-order valence-corrected chi connectivity index (χ4v) is 2.65. The zero-order valence-corrected chi connectivity index (χ0v) is 12.5. The average Bonchev–Trinajstić information content (AvgIpc) is 2.48. The molecule has 0 spiro atoms. The highest BCUT2D eigenvalue weighted by atomic mass is 16.5. The maximum Gasteiger partial charge on any atom is 0.193 e. The van der Waals surface area contributed by atoms with Crippen molar-refractivity contribution in [2.75, 3.05) is 7.11 Å². The summed E-state index contributed by atoms with van der Waals surface area (Å²) in [5.41, 5.74) is 4.64. The van der Waals surface area contributed by atoms with E-state index in [0.29, 0.717) is 0 Å². The van der Waals surface area contributed by atoms with Gasteiger partial charge < -0.3 is 4.74 Å². The predicted molar refractivity (Wildman–Crippen MR) is 81.7 cm³/mol. The molecular formula is C18H20O2. The van der Waals surface area contributed by atoms with Gasteiger partial charge in [-0.25, -0.2) is 0 Å². The summed E-state index contributed by atoms with van der Waals surface area (Å²) < 4.78 is 5.48. The van der Waals surface area contributed by atoms with E-state index in [1.165, 1.54) is 0 Å². The van der Waals surface area contributed by atoms with E-state index >= 15 is 0 Å². The number of carbonyl (C=O) groups is 1. The highest BCUT2D eigenvalue weighted by molar-refractivity contribution is 6.10. The van der Waals surface area contributed by atoms with Gasteiger partial charge in [-0.3, -0.25) is 4.79 Å². The van der Waals surface area contributed by atoms with Crippen LogP contribution < -0.4 is 4.74 Å². The van der Waals surface area contributed by atoms with Gasteiger partial charge >= 0.3 is 0 Å². The van der Waals surface area contributed by atoms with Crippen LogP contribution in [0.25, 0.3) is 0 Å². The maximum atomic E-state index is 12.6. The van der Waals surface area contributed by atoms with Crippen LogP contribution >= 0.6 is 0 Å². The number of hydrogen-bond acceptors (Lipinski definition) is 2. The lowest BCUT2D eigenvalue weighted by Gasteiger charge is -2.16. The SMILES string of the molecule is CCc1c(C)c(C(=O)c2ccccc2)cc(C)c1OC. The molecule has 0 radical (unpaired) electrons. The van der Waals surface area contributed by atoms with Crippen LogP contribution in [0.1, 0.15) is 39.5 Å². The Morgan fingerprint density at radius 2 is 1.80 bits per heavy atom. The fourth-order valence-electron chi connectivity index (χ4n) is 2.65. The number of methoxy groups -OCH3 is 1. The summed E-state index contributed by atoms with van der Waals surface area (Å²) in [6.45, 7) is 6.07. The number of ketones is 1. The minimum absolute atomic E-state index is 0.0727. The molecule has 0 heterocycles. The van der Waals surface area contributed by atoms with Gasteiger partial charge in [0.15, 0.2) is 5.78 Å². The smallest absolute Gasteiger partial charge is 0.193 e. The van der Waals surface area contributed by atoms with Gasteiger partial charge in [-0.15, -0.1) is 0 Å². The van der Waals surface area contributed by atoms with Crippen molar-refractivity contribution in [1.82, 2.24) is 0 Å². The minimum Gasteiger partial charge on any atom is -0.496 e. The third kappa shape index (κ3) is 2.46. The van der Waals surface area contributed by atoms with Crippen molar-refractivity contribution in [1.29, 1.82) is 0 Å². The number of rotatable bonds is 4. The van der Waals surface area contributed by atoms with Gasteiger partial charge in [-0.05, 0) is 43.0 Å². The molecule has 0 N–H and O–H groups in total. The Labute approximate surface area is 120 Å². The fraction of sp³-hybridized carbons (Fsp3) is 0.278. The highest BCUT2D eigenvalue weighted by Gasteiger charge is 2.18. The van der Waals surface area contributed by atoms with Gasteiger partial charge in [-0.2, -0.15) is 0 Å². The van der Waals surface area contributed by atoms with Crippen LogP contribution in [0.4, 0.5) is 0 Å². The Bertz CT molecular complexity index is 628. The normalized spacial score (nSPS) is 10.4. The number of aryl methyl sites for hydroxylation is 1. The van der Waals surface area contributed by atoms with E-state index in [1.807, 2.05) is 50.2 Å². The van der Waals surface area contributed by atoms with Crippen LogP contribution in [-0.2, 0) is 6.42 Å². The van der Waals surface area contributed by atoms with E-state index in [0.717, 1.165) is 40.0 Å². The largest absolute Gasteiger partial charge is 0.496 e. The van der Waals surface area contributed by atoms with Gasteiger partial charge in [0.1, 0.15) is 5.75 Å². The Morgan fingerprint density at radius 1 is 1.15 bits per heavy atom. The number of hydrogen-bond donors (Lipinski definition) is 0. The predicted octanol–water partition coefficient (Wildman–Crippen LogP) is 4.11. The molecule has 0 aliphatic carbocycles. The molecule has 0 saturated heterocycles. The Hall–Kier alpha value is -2.09. The van der Waals surface area contributed by atoms with Crippen molar-refractivity contribution in [2.45, 2.75) is 27.2 Å². The summed E-state index contributed by atoms with van der Waals surface area (Å²) in [7, 11) is 1.68. The van der Waals surface area contributed by atoms with Crippen molar-refractivity contribution in [3.05, 3.63) is 64.2 Å². The molecule has 0 aliphatic rings. The van der Waals surface area contributed by atoms with Gasteiger partial charge in [0.2, 0.25) is 0 Å². The summed E-state index contributed by atoms with van der Waals surface area (Å²) >= 11 is 0. The second-order valence-electron chi connectivity index (χ2n) is 4.93. The molecule has 0 aliphatic heterocycles. The zero-order valence-electron chi connectivity index (χ0n) is 12.5. The van der Waals surface area contributed by atoms with E-state index in [-0.39, 0.29) is 5.78 Å². The van der Waals surface area contributed by atoms with Crippen molar-refractivity contribution >= 4 is 5.78 Å². The lowest BCUT2D eigenvalue weighted by atomic mass is 9.91. The van der Waals surface area contributed by atoms with Gasteiger partial charge in [0, 0.05) is 11.1 Å². The molecule has 0 atom stereocenters. The second kappa shape index (κ2) is 5.91. The number of ether oxygens (including phenoxy) is 1. The topological polar surface area (TPSA) is 26.3 Å². The lowest BCUT2D eigenvalue weighted by Crippen LogP contribution is -2.08. The van der Waals surface area contributed by atoms with Gasteiger partial charge in [0.25, 0.3) is 0 Å². The first-order valence-corrected chi connectivity index (χ1v) is 6.87. The Balaban J connectivity index is 2.59. The zero-order chi connectivity index (χ0) is 14.7. The van der Waals surface area contributed by atoms with Crippen molar-refractivity contribution in [3.8, 4) is 5.75 Å². The molecule has 0 fully saturated rings. The lowest BCUT2D eigenvalue weighted by molar-refractivity contribution is 0.103. The first-order valence-electron chi connectivity index (χ1n) is 6.87. The van der Waals surface area contributed by atoms with E-state index in [2.05, 4.69) is 6.92 Å². The molecular weight excluding hydrogens is 248 g/mol. The number of benzene rings is 2. The summed E-state index contributed by atoms with van der Waals surface area (Å²) in [6.07, 6.45) is 0.853. The molecule has 2 heteroatoms. The first-order chi connectivity index (χ1) is 9.60. The third-order valence-electron chi connectivity index (χ3n) is 3.69. The van der Waals surface area contributed by atoms with Gasteiger partial charge in [0.05, 0.1) is 7.11 Å². The maximum absolute atomic E-state index is 12.6. The molecule has 2 aromatic carbocycles. The van der Waals surface area contributed by atoms with Crippen LogP contribution in [0, 0.1) is 13.8 Å². The molecule has 0 saturated carbocycles. The molecule has 104 valence electrons. The van der Waals surface area contributed by atoms with Crippen molar-refractivity contribution < 1.29 is 9.53 Å². The quantitative estimate of drug-likeness (QED) is 0.780. The summed E-state index contributed by atoms with van der Waals surface area (Å²) in [6, 6.07) is 11.3. The van der Waals surface area contributed by atoms with E-state index in [9.17, 15) is 4.79 Å². The van der Waals surface area contributed by atoms with Crippen molar-refractivity contribution in [2.24, 2.45) is 0 Å². The molecule has 0 aromatic heterocycles. The van der Waals surface area contributed by atoms with Crippen LogP contribution in [0.15, 0.2) is 36.4 Å². The second-order valence-corrected chi connectivity index (χ2v) is 4.93. The molecule has 2 nitrogen and oxygen atoms in total. The summed E-state index contributed by atoms with van der Waals surface area (Å²) in [4.78, 5) is 12.6. The molecule has 0 amide bonds. The molecule has 2 aromatic rings. The molecule has 0 unspecified atom stereocenters. The van der Waals surface area contributed by atoms with E-state index in [1.54, 1.807) is 7.11 Å². The Morgan fingerprint density at radius 3 is 2.35 bits per heavy atom. The average molecular weight is 268 g/mol. The third-order valence-corrected chi connectivity index (χ3v) is 3.69. The standard InChI is InChI=1S/C18H20O2/c1-5-15-13(3)16(11-12(2)18(15)20-4)17(19)14-9-7-6-8-10-14/h6-11H,5H2,1-4H3. The minimum atomic E-state index is 0.0727. The molecule has 2 rings (SSSR count). The van der Waals surface area contributed by atoms with Crippen LogP contribution in [0.2, 0.25) is 0 Å². The van der Waals surface area contributed by atoms with E-state index < -0.39 is 0 Å². The molecule has 20 heavy (non-hydrogen) atoms. The van der Waals surface area contributed by atoms with Crippen molar-refractivity contribution in [3.63, 3.8) is 0 Å². The summed E-state index contributed by atoms with van der Waals surface area (Å²) in [5.74, 6) is 0.971. The highest BCUT2D eigenvalue weighted by Crippen LogP contribution is 2.30. The van der Waals surface area contributed by atoms with Crippen LogP contribution in [0.5, 0.6) is 5.75 Å². The summed E-state index contributed by atoms with van der Waals surface area (Å²) in [5, 5.41) is 0. The van der Waals surface area contributed by atoms with E-state index in [4.69, 9.17) is 4.74 Å². The first kappa shape index (κ1) is 14.3.